The van der Waals surface area contributed by atoms with E-state index in [4.69, 9.17) is 16.3 Å². The average molecular weight is 376 g/mol. The average Bonchev–Trinajstić information content (AvgIpc) is 3.48. The first-order chi connectivity index (χ1) is 12.6. The molecule has 0 unspecified atom stereocenters. The maximum atomic E-state index is 13.0. The largest absolute Gasteiger partial charge is 0.381 e. The minimum absolute atomic E-state index is 0.107. The topological polar surface area (TPSA) is 73.2 Å². The van der Waals surface area contributed by atoms with Gasteiger partial charge in [0.25, 0.3) is 5.56 Å². The number of methoxy groups -OCH3 is 1. The molecule has 0 saturated heterocycles. The van der Waals surface area contributed by atoms with Crippen LogP contribution in [0.5, 0.6) is 0 Å². The van der Waals surface area contributed by atoms with Gasteiger partial charge in [-0.25, -0.2) is 9.66 Å². The van der Waals surface area contributed by atoms with Crippen LogP contribution in [0.3, 0.4) is 0 Å². The molecular weight excluding hydrogens is 354 g/mol. The third kappa shape index (κ3) is 3.35. The van der Waals surface area contributed by atoms with Gasteiger partial charge in [-0.3, -0.25) is 15.0 Å². The fourth-order valence-corrected chi connectivity index (χ4v) is 3.86. The Morgan fingerprint density at radius 3 is 2.85 bits per heavy atom. The van der Waals surface area contributed by atoms with Gasteiger partial charge in [-0.15, -0.1) is 0 Å². The quantitative estimate of drug-likeness (QED) is 0.890. The molecular formula is C19H22ClN3O3. The van der Waals surface area contributed by atoms with E-state index in [-0.39, 0.29) is 29.4 Å². The predicted octanol–water partition coefficient (Wildman–Crippen LogP) is 3.20. The summed E-state index contributed by atoms with van der Waals surface area (Å²) in [6.07, 6.45) is 5.49. The van der Waals surface area contributed by atoms with Crippen molar-refractivity contribution in [2.24, 2.45) is 5.92 Å². The highest BCUT2D eigenvalue weighted by molar-refractivity contribution is 6.31. The van der Waals surface area contributed by atoms with Crippen LogP contribution in [0, 0.1) is 5.92 Å². The van der Waals surface area contributed by atoms with Crippen LogP contribution in [0.4, 0.5) is 0 Å². The monoisotopic (exact) mass is 375 g/mol. The van der Waals surface area contributed by atoms with Crippen molar-refractivity contribution in [2.75, 3.05) is 12.5 Å². The fourth-order valence-electron chi connectivity index (χ4n) is 3.70. The van der Waals surface area contributed by atoms with Crippen molar-refractivity contribution in [2.45, 2.75) is 50.5 Å². The second-order valence-corrected chi connectivity index (χ2v) is 7.68. The fraction of sp³-hybridized carbons (Fsp3) is 0.526. The van der Waals surface area contributed by atoms with Gasteiger partial charge >= 0.3 is 0 Å². The number of nitrogens with zero attached hydrogens (tertiary/aromatic N) is 2. The first-order valence-corrected chi connectivity index (χ1v) is 9.50. The first-order valence-electron chi connectivity index (χ1n) is 9.12. The van der Waals surface area contributed by atoms with Crippen molar-refractivity contribution in [3.05, 3.63) is 39.4 Å². The minimum atomic E-state index is -0.249. The Morgan fingerprint density at radius 2 is 2.12 bits per heavy atom. The number of halogens is 1. The molecule has 1 aromatic carbocycles. The second-order valence-electron chi connectivity index (χ2n) is 7.24. The van der Waals surface area contributed by atoms with Gasteiger partial charge in [-0.05, 0) is 50.3 Å². The summed E-state index contributed by atoms with van der Waals surface area (Å²) in [5.41, 5.74) is 3.16. The van der Waals surface area contributed by atoms with Gasteiger partial charge in [0, 0.05) is 24.0 Å². The zero-order chi connectivity index (χ0) is 18.3. The summed E-state index contributed by atoms with van der Waals surface area (Å²) in [6, 6.07) is 5.02. The summed E-state index contributed by atoms with van der Waals surface area (Å²) >= 11 is 6.04. The zero-order valence-corrected chi connectivity index (χ0v) is 15.5. The number of hydrogen-bond acceptors (Lipinski definition) is 4. The lowest BCUT2D eigenvalue weighted by Gasteiger charge is -2.27. The molecule has 26 heavy (non-hydrogen) atoms. The van der Waals surface area contributed by atoms with Gasteiger partial charge in [0.1, 0.15) is 5.82 Å². The highest BCUT2D eigenvalue weighted by atomic mass is 35.5. The van der Waals surface area contributed by atoms with Crippen LogP contribution in [0.2, 0.25) is 5.02 Å². The summed E-state index contributed by atoms with van der Waals surface area (Å²) in [5, 5.41) is 0.998. The summed E-state index contributed by atoms with van der Waals surface area (Å²) < 4.78 is 6.77. The number of fused-ring (bicyclic) bond motifs is 1. The molecule has 2 aromatic rings. The van der Waals surface area contributed by atoms with E-state index in [1.807, 2.05) is 0 Å². The molecule has 7 heteroatoms. The number of ether oxygens (including phenoxy) is 1. The van der Waals surface area contributed by atoms with Crippen molar-refractivity contribution in [1.82, 2.24) is 9.66 Å². The van der Waals surface area contributed by atoms with E-state index in [0.29, 0.717) is 28.2 Å². The molecule has 0 spiro atoms. The summed E-state index contributed by atoms with van der Waals surface area (Å²) in [7, 11) is 1.68. The first kappa shape index (κ1) is 17.5. The van der Waals surface area contributed by atoms with Gasteiger partial charge in [0.05, 0.1) is 17.0 Å². The van der Waals surface area contributed by atoms with Crippen molar-refractivity contribution in [3.8, 4) is 0 Å². The summed E-state index contributed by atoms with van der Waals surface area (Å²) in [5.74, 6) is 0.557. The molecule has 2 atom stereocenters. The smallest absolute Gasteiger partial charge is 0.280 e. The molecule has 0 radical (unpaired) electrons. The molecule has 6 nitrogen and oxygen atoms in total. The van der Waals surface area contributed by atoms with Gasteiger partial charge in [-0.2, -0.15) is 0 Å². The molecule has 138 valence electrons. The standard InChI is InChI=1S/C19H22ClN3O3/c1-26-14-4-2-3-12(9-14)18(24)22-23-17(11-5-6-11)21-16-10-13(20)7-8-15(16)19(23)25/h7-8,10-12,14H,2-6,9H2,1H3,(H,22,24)/t12-,14+/m0/s1. The molecule has 0 aliphatic heterocycles. The second kappa shape index (κ2) is 7.00. The summed E-state index contributed by atoms with van der Waals surface area (Å²) in [6.45, 7) is 0. The van der Waals surface area contributed by atoms with E-state index in [0.717, 1.165) is 32.1 Å². The maximum absolute atomic E-state index is 13.0. The Bertz CT molecular complexity index is 907. The highest BCUT2D eigenvalue weighted by Gasteiger charge is 2.32. The van der Waals surface area contributed by atoms with Gasteiger partial charge in [0.15, 0.2) is 0 Å². The molecule has 2 saturated carbocycles. The number of carbonyl (C=O) groups is 1. The van der Waals surface area contributed by atoms with E-state index in [1.54, 1.807) is 25.3 Å². The number of benzene rings is 1. The van der Waals surface area contributed by atoms with Crippen molar-refractivity contribution in [1.29, 1.82) is 0 Å². The van der Waals surface area contributed by atoms with Crippen LogP contribution in [0.25, 0.3) is 10.9 Å². The van der Waals surface area contributed by atoms with E-state index in [9.17, 15) is 9.59 Å². The number of hydrogen-bond donors (Lipinski definition) is 1. The third-order valence-electron chi connectivity index (χ3n) is 5.35. The van der Waals surface area contributed by atoms with Gasteiger partial charge < -0.3 is 4.74 Å². The Kier molecular flexibility index (Phi) is 4.71. The molecule has 1 aromatic heterocycles. The maximum Gasteiger partial charge on any atom is 0.280 e. The van der Waals surface area contributed by atoms with Crippen LogP contribution < -0.4 is 11.0 Å². The summed E-state index contributed by atoms with van der Waals surface area (Å²) in [4.78, 5) is 30.4. The molecule has 2 fully saturated rings. The Hall–Kier alpha value is -1.92. The van der Waals surface area contributed by atoms with E-state index < -0.39 is 0 Å². The molecule has 2 aliphatic carbocycles. The number of carbonyl (C=O) groups excluding carboxylic acids is 1. The zero-order valence-electron chi connectivity index (χ0n) is 14.7. The van der Waals surface area contributed by atoms with Crippen LogP contribution in [-0.4, -0.2) is 28.8 Å². The van der Waals surface area contributed by atoms with Crippen molar-refractivity contribution in [3.63, 3.8) is 0 Å². The molecule has 1 heterocycles. The van der Waals surface area contributed by atoms with E-state index >= 15 is 0 Å². The highest BCUT2D eigenvalue weighted by Crippen LogP contribution is 2.39. The van der Waals surface area contributed by atoms with Crippen molar-refractivity contribution < 1.29 is 9.53 Å². The molecule has 1 amide bonds. The SMILES string of the molecule is CO[C@@H]1CCC[C@H](C(=O)Nn2c(C3CC3)nc3cc(Cl)ccc3c2=O)C1. The van der Waals surface area contributed by atoms with Crippen LogP contribution in [0.1, 0.15) is 50.3 Å². The Morgan fingerprint density at radius 1 is 1.31 bits per heavy atom. The Balaban J connectivity index is 1.68. The van der Waals surface area contributed by atoms with E-state index in [2.05, 4.69) is 10.4 Å². The molecule has 4 rings (SSSR count). The van der Waals surface area contributed by atoms with Gasteiger partial charge in [0.2, 0.25) is 5.91 Å². The lowest BCUT2D eigenvalue weighted by molar-refractivity contribution is -0.123. The number of aromatic nitrogens is 2. The van der Waals surface area contributed by atoms with Crippen molar-refractivity contribution >= 4 is 28.4 Å². The third-order valence-corrected chi connectivity index (χ3v) is 5.59. The number of rotatable bonds is 4. The van der Waals surface area contributed by atoms with Crippen LogP contribution in [0.15, 0.2) is 23.0 Å². The lowest BCUT2D eigenvalue weighted by atomic mass is 9.87. The van der Waals surface area contributed by atoms with Gasteiger partial charge in [-0.1, -0.05) is 18.0 Å². The normalized spacial score (nSPS) is 23.2. The Labute approximate surface area is 156 Å². The molecule has 0 bridgehead atoms. The number of amides is 1. The van der Waals surface area contributed by atoms with Crippen LogP contribution in [-0.2, 0) is 9.53 Å². The predicted molar refractivity (Wildman–Crippen MR) is 100 cm³/mol. The molecule has 2 aliphatic rings. The lowest BCUT2D eigenvalue weighted by Crippen LogP contribution is -2.40. The van der Waals surface area contributed by atoms with Crippen LogP contribution >= 0.6 is 11.6 Å². The molecule has 1 N–H and O–H groups in total. The van der Waals surface area contributed by atoms with E-state index in [1.165, 1.54) is 4.68 Å². The minimum Gasteiger partial charge on any atom is -0.381 e. The number of nitrogens with one attached hydrogen (secondary N) is 1.